The van der Waals surface area contributed by atoms with Crippen LogP contribution in [0.15, 0.2) is 57.7 Å². The summed E-state index contributed by atoms with van der Waals surface area (Å²) in [7, 11) is 0. The first-order chi connectivity index (χ1) is 12.5. The molecule has 4 rings (SSSR count). The third-order valence-electron chi connectivity index (χ3n) is 3.88. The highest BCUT2D eigenvalue weighted by Gasteiger charge is 2.15. The Labute approximate surface area is 146 Å². The van der Waals surface area contributed by atoms with Gasteiger partial charge >= 0.3 is 5.76 Å². The zero-order valence-corrected chi connectivity index (χ0v) is 13.6. The van der Waals surface area contributed by atoms with Crippen molar-refractivity contribution in [2.24, 2.45) is 0 Å². The zero-order valence-electron chi connectivity index (χ0n) is 13.6. The fraction of sp³-hybridized carbons (Fsp3) is 0.0556. The van der Waals surface area contributed by atoms with Gasteiger partial charge in [0.15, 0.2) is 11.3 Å². The highest BCUT2D eigenvalue weighted by Crippen LogP contribution is 2.19. The van der Waals surface area contributed by atoms with E-state index in [-0.39, 0.29) is 11.4 Å². The number of aryl methyl sites for hydroxylation is 1. The summed E-state index contributed by atoms with van der Waals surface area (Å²) in [6.45, 7) is 1.73. The van der Waals surface area contributed by atoms with Gasteiger partial charge in [-0.3, -0.25) is 9.78 Å². The number of aromatic amines is 1. The van der Waals surface area contributed by atoms with Gasteiger partial charge in [-0.05, 0) is 37.3 Å². The lowest BCUT2D eigenvalue weighted by molar-refractivity contribution is 0.102. The van der Waals surface area contributed by atoms with Gasteiger partial charge in [0, 0.05) is 17.4 Å². The number of rotatable bonds is 3. The molecule has 4 aromatic rings. The molecule has 0 fully saturated rings. The summed E-state index contributed by atoms with van der Waals surface area (Å²) in [5.74, 6) is -1.46. The molecule has 0 saturated heterocycles. The Kier molecular flexibility index (Phi) is 3.65. The maximum Gasteiger partial charge on any atom is 0.417 e. The smallest absolute Gasteiger partial charge is 0.408 e. The average Bonchev–Trinajstić information content (AvgIpc) is 3.17. The van der Waals surface area contributed by atoms with Crippen LogP contribution in [0.3, 0.4) is 0 Å². The lowest BCUT2D eigenvalue weighted by atomic mass is 10.2. The second-order valence-electron chi connectivity index (χ2n) is 5.71. The van der Waals surface area contributed by atoms with E-state index < -0.39 is 17.5 Å². The number of amides is 1. The predicted molar refractivity (Wildman–Crippen MR) is 93.0 cm³/mol. The van der Waals surface area contributed by atoms with Gasteiger partial charge in [-0.2, -0.15) is 5.10 Å². The number of carbonyl (C=O) groups excluding carboxylic acids is 1. The first-order valence-electron chi connectivity index (χ1n) is 7.77. The van der Waals surface area contributed by atoms with Gasteiger partial charge in [-0.1, -0.05) is 12.1 Å². The van der Waals surface area contributed by atoms with Crippen LogP contribution < -0.4 is 11.1 Å². The minimum absolute atomic E-state index is 0.140. The van der Waals surface area contributed by atoms with Crippen molar-refractivity contribution in [3.8, 4) is 5.69 Å². The molecule has 0 aliphatic carbocycles. The van der Waals surface area contributed by atoms with E-state index in [1.165, 1.54) is 16.8 Å². The van der Waals surface area contributed by atoms with Crippen LogP contribution in [-0.2, 0) is 0 Å². The monoisotopic (exact) mass is 352 g/mol. The number of oxazole rings is 1. The number of halogens is 1. The number of carbonyl (C=O) groups is 1. The summed E-state index contributed by atoms with van der Waals surface area (Å²) in [5.41, 5.74) is 2.34. The van der Waals surface area contributed by atoms with Gasteiger partial charge in [0.05, 0.1) is 5.52 Å². The van der Waals surface area contributed by atoms with Crippen molar-refractivity contribution >= 4 is 22.7 Å². The molecule has 0 bridgehead atoms. The second-order valence-corrected chi connectivity index (χ2v) is 5.71. The van der Waals surface area contributed by atoms with Crippen molar-refractivity contribution in [3.05, 3.63) is 76.3 Å². The van der Waals surface area contributed by atoms with E-state index in [2.05, 4.69) is 15.4 Å². The Morgan fingerprint density at radius 2 is 2.04 bits per heavy atom. The molecule has 0 unspecified atom stereocenters. The molecule has 8 heteroatoms. The molecule has 2 aromatic heterocycles. The van der Waals surface area contributed by atoms with Crippen molar-refractivity contribution < 1.29 is 13.6 Å². The summed E-state index contributed by atoms with van der Waals surface area (Å²) >= 11 is 0. The van der Waals surface area contributed by atoms with Crippen LogP contribution in [0, 0.1) is 12.7 Å². The molecule has 2 aromatic carbocycles. The Morgan fingerprint density at radius 1 is 1.23 bits per heavy atom. The van der Waals surface area contributed by atoms with E-state index in [1.54, 1.807) is 43.3 Å². The molecule has 2 N–H and O–H groups in total. The molecule has 0 saturated carbocycles. The summed E-state index contributed by atoms with van der Waals surface area (Å²) in [5, 5.41) is 6.87. The maximum absolute atomic E-state index is 14.0. The van der Waals surface area contributed by atoms with Crippen LogP contribution in [-0.4, -0.2) is 20.7 Å². The van der Waals surface area contributed by atoms with E-state index in [1.807, 2.05) is 0 Å². The number of nitrogens with one attached hydrogen (secondary N) is 2. The molecular formula is C18H13FN4O3. The third-order valence-corrected chi connectivity index (χ3v) is 3.88. The average molecular weight is 352 g/mol. The van der Waals surface area contributed by atoms with Gasteiger partial charge in [0.25, 0.3) is 5.91 Å². The Morgan fingerprint density at radius 3 is 2.85 bits per heavy atom. The van der Waals surface area contributed by atoms with Crippen molar-refractivity contribution in [2.45, 2.75) is 6.92 Å². The van der Waals surface area contributed by atoms with Crippen LogP contribution >= 0.6 is 0 Å². The molecule has 0 aliphatic heterocycles. The van der Waals surface area contributed by atoms with Crippen LogP contribution in [0.25, 0.3) is 16.8 Å². The summed E-state index contributed by atoms with van der Waals surface area (Å²) in [6, 6.07) is 12.5. The van der Waals surface area contributed by atoms with Gasteiger partial charge in [-0.15, -0.1) is 0 Å². The maximum atomic E-state index is 14.0. The first-order valence-corrected chi connectivity index (χ1v) is 7.77. The number of anilines is 1. The summed E-state index contributed by atoms with van der Waals surface area (Å²) in [4.78, 5) is 26.2. The fourth-order valence-corrected chi connectivity index (χ4v) is 2.67. The third kappa shape index (κ3) is 2.77. The minimum atomic E-state index is -0.567. The van der Waals surface area contributed by atoms with Crippen LogP contribution in [0.5, 0.6) is 0 Å². The number of H-pyrrole nitrogens is 1. The SMILES string of the molecule is Cc1cc(C(=O)Nc2ccc3[nH]c(=O)oc3c2)nn1-c1ccccc1F. The number of hydrogen-bond donors (Lipinski definition) is 2. The van der Waals surface area contributed by atoms with Gasteiger partial charge in [0.2, 0.25) is 0 Å². The predicted octanol–water partition coefficient (Wildman–Crippen LogP) is 3.01. The van der Waals surface area contributed by atoms with Crippen molar-refractivity contribution in [3.63, 3.8) is 0 Å². The largest absolute Gasteiger partial charge is 0.417 e. The Bertz CT molecular complexity index is 1190. The molecule has 7 nitrogen and oxygen atoms in total. The van der Waals surface area contributed by atoms with Crippen LogP contribution in [0.2, 0.25) is 0 Å². The van der Waals surface area contributed by atoms with Crippen molar-refractivity contribution in [2.75, 3.05) is 5.32 Å². The van der Waals surface area contributed by atoms with E-state index in [4.69, 9.17) is 4.42 Å². The highest BCUT2D eigenvalue weighted by molar-refractivity contribution is 6.03. The Hall–Kier alpha value is -3.68. The quantitative estimate of drug-likeness (QED) is 0.593. The number of para-hydroxylation sites is 1. The molecular weight excluding hydrogens is 339 g/mol. The van der Waals surface area contributed by atoms with E-state index in [0.717, 1.165) is 0 Å². The van der Waals surface area contributed by atoms with Gasteiger partial charge in [0.1, 0.15) is 11.5 Å². The molecule has 0 atom stereocenters. The Balaban J connectivity index is 1.63. The standard InChI is InChI=1S/C18H13FN4O3/c1-10-8-14(22-23(10)15-5-3-2-4-12(15)19)17(24)20-11-6-7-13-16(9-11)26-18(25)21-13/h2-9H,1H3,(H,20,24)(H,21,25). The topological polar surface area (TPSA) is 92.9 Å². The fourth-order valence-electron chi connectivity index (χ4n) is 2.67. The summed E-state index contributed by atoms with van der Waals surface area (Å²) in [6.07, 6.45) is 0. The molecule has 26 heavy (non-hydrogen) atoms. The molecule has 0 aliphatic rings. The first kappa shape index (κ1) is 15.8. The van der Waals surface area contributed by atoms with E-state index in [0.29, 0.717) is 22.5 Å². The van der Waals surface area contributed by atoms with Crippen molar-refractivity contribution in [1.82, 2.24) is 14.8 Å². The normalized spacial score (nSPS) is 11.0. The van der Waals surface area contributed by atoms with Gasteiger partial charge < -0.3 is 9.73 Å². The number of aromatic nitrogens is 3. The molecule has 0 spiro atoms. The molecule has 1 amide bonds. The number of fused-ring (bicyclic) bond motifs is 1. The molecule has 2 heterocycles. The van der Waals surface area contributed by atoms with Crippen molar-refractivity contribution in [1.29, 1.82) is 0 Å². The minimum Gasteiger partial charge on any atom is -0.408 e. The van der Waals surface area contributed by atoms with Crippen LogP contribution in [0.4, 0.5) is 10.1 Å². The number of hydrogen-bond acceptors (Lipinski definition) is 4. The number of benzene rings is 2. The lowest BCUT2D eigenvalue weighted by Crippen LogP contribution is -2.13. The molecule has 0 radical (unpaired) electrons. The summed E-state index contributed by atoms with van der Waals surface area (Å²) < 4.78 is 20.3. The van der Waals surface area contributed by atoms with Gasteiger partial charge in [-0.25, -0.2) is 13.9 Å². The van der Waals surface area contributed by atoms with E-state index in [9.17, 15) is 14.0 Å². The van der Waals surface area contributed by atoms with E-state index >= 15 is 0 Å². The second kappa shape index (κ2) is 5.99. The lowest BCUT2D eigenvalue weighted by Gasteiger charge is -2.05. The highest BCUT2D eigenvalue weighted by atomic mass is 19.1. The zero-order chi connectivity index (χ0) is 18.3. The van der Waals surface area contributed by atoms with Crippen LogP contribution in [0.1, 0.15) is 16.2 Å². The molecule has 130 valence electrons. The number of nitrogens with zero attached hydrogens (tertiary/aromatic N) is 2.